The van der Waals surface area contributed by atoms with Gasteiger partial charge in [0.1, 0.15) is 11.6 Å². The molecule has 0 unspecified atom stereocenters. The molecule has 1 heterocycles. The zero-order valence-corrected chi connectivity index (χ0v) is 12.4. The van der Waals surface area contributed by atoms with Crippen molar-refractivity contribution in [1.82, 2.24) is 4.98 Å². The van der Waals surface area contributed by atoms with E-state index in [0.717, 1.165) is 41.5 Å². The Bertz CT molecular complexity index is 668. The van der Waals surface area contributed by atoms with Crippen molar-refractivity contribution in [3.8, 4) is 0 Å². The standard InChI is InChI=1S/C16H21N3O2/c1-3-5-8-18-15-12-7-6-10(16(20)21)9-13(12)11(4-2)14(17)19-15/h6-7,9H,3-5,8H2,1-2H3,(H,20,21)(H3,17,18,19). The van der Waals surface area contributed by atoms with E-state index in [1.54, 1.807) is 18.2 Å². The second kappa shape index (κ2) is 6.43. The number of unbranched alkanes of at least 4 members (excludes halogenated alkanes) is 1. The summed E-state index contributed by atoms with van der Waals surface area (Å²) < 4.78 is 0. The van der Waals surface area contributed by atoms with Crippen LogP contribution in [-0.4, -0.2) is 22.6 Å². The molecule has 0 radical (unpaired) electrons. The summed E-state index contributed by atoms with van der Waals surface area (Å²) in [5.41, 5.74) is 7.19. The lowest BCUT2D eigenvalue weighted by Gasteiger charge is -2.14. The third-order valence-corrected chi connectivity index (χ3v) is 3.56. The highest BCUT2D eigenvalue weighted by Crippen LogP contribution is 2.30. The number of nitrogen functional groups attached to an aromatic ring is 1. The number of aromatic carboxylic acids is 1. The summed E-state index contributed by atoms with van der Waals surface area (Å²) in [5, 5.41) is 14.2. The Morgan fingerprint density at radius 3 is 2.71 bits per heavy atom. The van der Waals surface area contributed by atoms with Gasteiger partial charge in [-0.2, -0.15) is 0 Å². The molecule has 5 nitrogen and oxygen atoms in total. The first-order chi connectivity index (χ1) is 10.1. The fourth-order valence-electron chi connectivity index (χ4n) is 2.41. The quantitative estimate of drug-likeness (QED) is 0.709. The molecule has 5 heteroatoms. The predicted octanol–water partition coefficient (Wildman–Crippen LogP) is 3.29. The Kier molecular flexibility index (Phi) is 4.62. The number of anilines is 2. The molecule has 0 saturated carbocycles. The first-order valence-electron chi connectivity index (χ1n) is 7.27. The van der Waals surface area contributed by atoms with Crippen molar-refractivity contribution in [3.05, 3.63) is 29.3 Å². The van der Waals surface area contributed by atoms with Crippen molar-refractivity contribution in [2.45, 2.75) is 33.1 Å². The van der Waals surface area contributed by atoms with E-state index < -0.39 is 5.97 Å². The van der Waals surface area contributed by atoms with Gasteiger partial charge < -0.3 is 16.2 Å². The van der Waals surface area contributed by atoms with Crippen LogP contribution in [0.5, 0.6) is 0 Å². The molecule has 0 fully saturated rings. The second-order valence-corrected chi connectivity index (χ2v) is 5.02. The van der Waals surface area contributed by atoms with E-state index in [-0.39, 0.29) is 5.56 Å². The number of fused-ring (bicyclic) bond motifs is 1. The van der Waals surface area contributed by atoms with Crippen LogP contribution in [0.1, 0.15) is 42.6 Å². The average Bonchev–Trinajstić information content (AvgIpc) is 2.47. The van der Waals surface area contributed by atoms with Gasteiger partial charge in [-0.3, -0.25) is 0 Å². The lowest BCUT2D eigenvalue weighted by atomic mass is 10.0. The van der Waals surface area contributed by atoms with E-state index in [0.29, 0.717) is 12.2 Å². The van der Waals surface area contributed by atoms with Gasteiger partial charge in [0.15, 0.2) is 0 Å². The van der Waals surface area contributed by atoms with Crippen LogP contribution < -0.4 is 11.1 Å². The Morgan fingerprint density at radius 1 is 1.33 bits per heavy atom. The van der Waals surface area contributed by atoms with Gasteiger partial charge in [0.2, 0.25) is 0 Å². The number of nitrogens with zero attached hydrogens (tertiary/aromatic N) is 1. The van der Waals surface area contributed by atoms with Crippen molar-refractivity contribution >= 4 is 28.4 Å². The topological polar surface area (TPSA) is 88.2 Å². The van der Waals surface area contributed by atoms with Gasteiger partial charge in [0.25, 0.3) is 0 Å². The van der Waals surface area contributed by atoms with Crippen LogP contribution in [0.4, 0.5) is 11.6 Å². The predicted molar refractivity (Wildman–Crippen MR) is 85.9 cm³/mol. The summed E-state index contributed by atoms with van der Waals surface area (Å²) >= 11 is 0. The summed E-state index contributed by atoms with van der Waals surface area (Å²) in [6.45, 7) is 4.94. The van der Waals surface area contributed by atoms with Crippen LogP contribution in [0.25, 0.3) is 10.8 Å². The lowest BCUT2D eigenvalue weighted by molar-refractivity contribution is 0.0697. The summed E-state index contributed by atoms with van der Waals surface area (Å²) in [6, 6.07) is 5.09. The normalized spacial score (nSPS) is 10.8. The van der Waals surface area contributed by atoms with Crippen LogP contribution >= 0.6 is 0 Å². The maximum atomic E-state index is 11.2. The molecule has 0 bridgehead atoms. The van der Waals surface area contributed by atoms with Gasteiger partial charge in [0, 0.05) is 17.5 Å². The molecular formula is C16H21N3O2. The monoisotopic (exact) mass is 287 g/mol. The molecule has 112 valence electrons. The molecular weight excluding hydrogens is 266 g/mol. The summed E-state index contributed by atoms with van der Waals surface area (Å²) in [6.07, 6.45) is 2.86. The van der Waals surface area contributed by atoms with Crippen LogP contribution in [0, 0.1) is 0 Å². The minimum absolute atomic E-state index is 0.266. The lowest BCUT2D eigenvalue weighted by Crippen LogP contribution is -2.08. The third-order valence-electron chi connectivity index (χ3n) is 3.56. The number of carboxylic acid groups (broad SMARTS) is 1. The van der Waals surface area contributed by atoms with Gasteiger partial charge >= 0.3 is 5.97 Å². The molecule has 1 aromatic heterocycles. The Balaban J connectivity index is 2.58. The fraction of sp³-hybridized carbons (Fsp3) is 0.375. The van der Waals surface area contributed by atoms with E-state index >= 15 is 0 Å². The smallest absolute Gasteiger partial charge is 0.335 e. The van der Waals surface area contributed by atoms with Gasteiger partial charge in [-0.15, -0.1) is 0 Å². The van der Waals surface area contributed by atoms with Gasteiger partial charge in [-0.1, -0.05) is 20.3 Å². The van der Waals surface area contributed by atoms with E-state index in [9.17, 15) is 4.79 Å². The number of nitrogens with two attached hydrogens (primary N) is 1. The van der Waals surface area contributed by atoms with Crippen molar-refractivity contribution < 1.29 is 9.90 Å². The van der Waals surface area contributed by atoms with Crippen molar-refractivity contribution in [3.63, 3.8) is 0 Å². The first-order valence-corrected chi connectivity index (χ1v) is 7.27. The highest BCUT2D eigenvalue weighted by molar-refractivity contribution is 6.01. The molecule has 21 heavy (non-hydrogen) atoms. The number of nitrogens with one attached hydrogen (secondary N) is 1. The molecule has 0 saturated heterocycles. The summed E-state index contributed by atoms with van der Waals surface area (Å²) in [4.78, 5) is 15.6. The molecule has 0 aliphatic heterocycles. The number of hydrogen-bond donors (Lipinski definition) is 3. The molecule has 2 aromatic rings. The number of carboxylic acids is 1. The average molecular weight is 287 g/mol. The largest absolute Gasteiger partial charge is 0.478 e. The van der Waals surface area contributed by atoms with E-state index in [4.69, 9.17) is 10.8 Å². The van der Waals surface area contributed by atoms with Crippen molar-refractivity contribution in [2.75, 3.05) is 17.6 Å². The maximum Gasteiger partial charge on any atom is 0.335 e. The van der Waals surface area contributed by atoms with Gasteiger partial charge in [0.05, 0.1) is 5.56 Å². The zero-order valence-electron chi connectivity index (χ0n) is 12.4. The molecule has 1 aromatic carbocycles. The van der Waals surface area contributed by atoms with Crippen molar-refractivity contribution in [1.29, 1.82) is 0 Å². The number of aromatic nitrogens is 1. The molecule has 0 aliphatic carbocycles. The fourth-order valence-corrected chi connectivity index (χ4v) is 2.41. The number of benzene rings is 1. The summed E-state index contributed by atoms with van der Waals surface area (Å²) in [7, 11) is 0. The molecule has 2 rings (SSSR count). The first kappa shape index (κ1) is 15.1. The number of rotatable bonds is 6. The molecule has 4 N–H and O–H groups in total. The number of aryl methyl sites for hydroxylation is 1. The Morgan fingerprint density at radius 2 is 2.10 bits per heavy atom. The SMILES string of the molecule is CCCCNc1nc(N)c(CC)c2cc(C(=O)O)ccc12. The number of pyridine rings is 1. The number of hydrogen-bond acceptors (Lipinski definition) is 4. The second-order valence-electron chi connectivity index (χ2n) is 5.02. The number of carbonyl (C=O) groups is 1. The molecule has 0 aliphatic rings. The van der Waals surface area contributed by atoms with Crippen LogP contribution in [0.3, 0.4) is 0 Å². The third kappa shape index (κ3) is 3.07. The van der Waals surface area contributed by atoms with Crippen LogP contribution in [0.2, 0.25) is 0 Å². The van der Waals surface area contributed by atoms with Crippen LogP contribution in [0.15, 0.2) is 18.2 Å². The van der Waals surface area contributed by atoms with E-state index in [1.165, 1.54) is 0 Å². The van der Waals surface area contributed by atoms with E-state index in [2.05, 4.69) is 17.2 Å². The Hall–Kier alpha value is -2.30. The minimum atomic E-state index is -0.935. The zero-order chi connectivity index (χ0) is 15.4. The molecule has 0 spiro atoms. The highest BCUT2D eigenvalue weighted by Gasteiger charge is 2.13. The minimum Gasteiger partial charge on any atom is -0.478 e. The van der Waals surface area contributed by atoms with Crippen molar-refractivity contribution in [2.24, 2.45) is 0 Å². The highest BCUT2D eigenvalue weighted by atomic mass is 16.4. The maximum absolute atomic E-state index is 11.2. The van der Waals surface area contributed by atoms with E-state index in [1.807, 2.05) is 6.92 Å². The summed E-state index contributed by atoms with van der Waals surface area (Å²) in [5.74, 6) is 0.256. The van der Waals surface area contributed by atoms with Gasteiger partial charge in [-0.25, -0.2) is 9.78 Å². The Labute approximate surface area is 124 Å². The van der Waals surface area contributed by atoms with Gasteiger partial charge in [-0.05, 0) is 36.4 Å². The molecule has 0 amide bonds. The molecule has 0 atom stereocenters. The van der Waals surface area contributed by atoms with Crippen LogP contribution in [-0.2, 0) is 6.42 Å².